The first-order valence-electron chi connectivity index (χ1n) is 8.09. The fraction of sp³-hybridized carbons (Fsp3) is 0. The minimum Gasteiger partial charge on any atom is -0.231 e. The first-order chi connectivity index (χ1) is 13.0. The van der Waals surface area contributed by atoms with Crippen LogP contribution in [-0.4, -0.2) is 9.78 Å². The maximum absolute atomic E-state index is 6.46. The van der Waals surface area contributed by atoms with E-state index in [2.05, 4.69) is 0 Å². The Labute approximate surface area is 176 Å². The monoisotopic (exact) mass is 432 g/mol. The molecule has 0 saturated heterocycles. The van der Waals surface area contributed by atoms with Crippen molar-refractivity contribution in [3.8, 4) is 28.2 Å². The minimum absolute atomic E-state index is 0.445. The number of aromatic nitrogens is 2. The number of rotatable bonds is 3. The van der Waals surface area contributed by atoms with E-state index in [0.717, 1.165) is 22.5 Å². The summed E-state index contributed by atoms with van der Waals surface area (Å²) in [5.41, 5.74) is 4.29. The summed E-state index contributed by atoms with van der Waals surface area (Å²) in [6.45, 7) is 0. The SMILES string of the molecule is Clc1ccc(-c2cc(-c3ccc(Cl)cc3)n(-c3cccc(Cl)c3Cl)n2)cc1. The molecule has 0 spiro atoms. The standard InChI is InChI=1S/C21H12Cl4N2/c22-15-8-4-13(5-9-15)18-12-20(14-6-10-16(23)11-7-14)27(26-18)19-3-1-2-17(24)21(19)25/h1-12H. The van der Waals surface area contributed by atoms with Gasteiger partial charge in [-0.25, -0.2) is 4.68 Å². The topological polar surface area (TPSA) is 17.8 Å². The zero-order chi connectivity index (χ0) is 19.0. The van der Waals surface area contributed by atoms with Crippen molar-refractivity contribution in [3.63, 3.8) is 0 Å². The van der Waals surface area contributed by atoms with Crippen LogP contribution in [0.2, 0.25) is 20.1 Å². The lowest BCUT2D eigenvalue weighted by atomic mass is 10.1. The second-order valence-corrected chi connectivity index (χ2v) is 7.57. The van der Waals surface area contributed by atoms with E-state index in [9.17, 15) is 0 Å². The molecule has 1 heterocycles. The fourth-order valence-electron chi connectivity index (χ4n) is 2.81. The Morgan fingerprint density at radius 2 is 1.26 bits per heavy atom. The molecule has 0 unspecified atom stereocenters. The quantitative estimate of drug-likeness (QED) is 0.322. The highest BCUT2D eigenvalue weighted by molar-refractivity contribution is 6.43. The first-order valence-corrected chi connectivity index (χ1v) is 9.60. The van der Waals surface area contributed by atoms with Crippen LogP contribution in [0, 0.1) is 0 Å². The lowest BCUT2D eigenvalue weighted by Gasteiger charge is -2.10. The summed E-state index contributed by atoms with van der Waals surface area (Å²) in [7, 11) is 0. The molecular formula is C21H12Cl4N2. The summed E-state index contributed by atoms with van der Waals surface area (Å²) in [6, 6.07) is 22.6. The van der Waals surface area contributed by atoms with Gasteiger partial charge in [-0.1, -0.05) is 76.7 Å². The Bertz CT molecular complexity index is 1100. The normalized spacial score (nSPS) is 11.0. The molecule has 27 heavy (non-hydrogen) atoms. The lowest BCUT2D eigenvalue weighted by Crippen LogP contribution is -2.00. The third kappa shape index (κ3) is 3.71. The number of nitrogens with zero attached hydrogens (tertiary/aromatic N) is 2. The summed E-state index contributed by atoms with van der Waals surface area (Å²) in [5, 5.41) is 7.04. The summed E-state index contributed by atoms with van der Waals surface area (Å²) in [4.78, 5) is 0. The third-order valence-electron chi connectivity index (χ3n) is 4.15. The van der Waals surface area contributed by atoms with Gasteiger partial charge in [0.15, 0.2) is 0 Å². The second-order valence-electron chi connectivity index (χ2n) is 5.91. The zero-order valence-electron chi connectivity index (χ0n) is 13.8. The van der Waals surface area contributed by atoms with Crippen LogP contribution in [0.25, 0.3) is 28.2 Å². The smallest absolute Gasteiger partial charge is 0.0934 e. The molecule has 6 heteroatoms. The Morgan fingerprint density at radius 1 is 0.667 bits per heavy atom. The first kappa shape index (κ1) is 18.4. The molecule has 0 aliphatic heterocycles. The van der Waals surface area contributed by atoms with Crippen molar-refractivity contribution in [3.05, 3.63) is 92.9 Å². The van der Waals surface area contributed by atoms with Gasteiger partial charge in [0.25, 0.3) is 0 Å². The largest absolute Gasteiger partial charge is 0.231 e. The average molecular weight is 434 g/mol. The Kier molecular flexibility index (Phi) is 5.16. The van der Waals surface area contributed by atoms with Gasteiger partial charge in [-0.15, -0.1) is 0 Å². The molecule has 0 amide bonds. The molecule has 0 aliphatic rings. The number of hydrogen-bond acceptors (Lipinski definition) is 1. The third-order valence-corrected chi connectivity index (χ3v) is 5.46. The molecule has 0 bridgehead atoms. The van der Waals surface area contributed by atoms with Crippen molar-refractivity contribution < 1.29 is 0 Å². The van der Waals surface area contributed by atoms with Crippen LogP contribution in [0.5, 0.6) is 0 Å². The molecule has 2 nitrogen and oxygen atoms in total. The van der Waals surface area contributed by atoms with Crippen LogP contribution >= 0.6 is 46.4 Å². The van der Waals surface area contributed by atoms with Crippen molar-refractivity contribution >= 4 is 46.4 Å². The summed E-state index contributed by atoms with van der Waals surface area (Å²) >= 11 is 24.7. The van der Waals surface area contributed by atoms with Crippen molar-refractivity contribution in [1.82, 2.24) is 9.78 Å². The van der Waals surface area contributed by atoms with Crippen molar-refractivity contribution in [1.29, 1.82) is 0 Å². The highest BCUT2D eigenvalue weighted by atomic mass is 35.5. The van der Waals surface area contributed by atoms with Gasteiger partial charge in [0.1, 0.15) is 0 Å². The zero-order valence-corrected chi connectivity index (χ0v) is 16.9. The number of halogens is 4. The van der Waals surface area contributed by atoms with Gasteiger partial charge >= 0.3 is 0 Å². The molecule has 0 aliphatic carbocycles. The Morgan fingerprint density at radius 3 is 1.89 bits per heavy atom. The van der Waals surface area contributed by atoms with Crippen LogP contribution in [0.4, 0.5) is 0 Å². The summed E-state index contributed by atoms with van der Waals surface area (Å²) in [6.07, 6.45) is 0. The number of benzene rings is 3. The molecule has 3 aromatic carbocycles. The summed E-state index contributed by atoms with van der Waals surface area (Å²) in [5.74, 6) is 0. The van der Waals surface area contributed by atoms with Gasteiger partial charge in [0.05, 0.1) is 27.1 Å². The van der Waals surface area contributed by atoms with Gasteiger partial charge in [-0.3, -0.25) is 0 Å². The van der Waals surface area contributed by atoms with Gasteiger partial charge in [0, 0.05) is 21.2 Å². The molecule has 0 atom stereocenters. The van der Waals surface area contributed by atoms with Crippen LogP contribution in [0.3, 0.4) is 0 Å². The van der Waals surface area contributed by atoms with E-state index >= 15 is 0 Å². The van der Waals surface area contributed by atoms with Crippen LogP contribution in [-0.2, 0) is 0 Å². The van der Waals surface area contributed by atoms with E-state index in [1.165, 1.54) is 0 Å². The van der Waals surface area contributed by atoms with E-state index in [4.69, 9.17) is 51.5 Å². The van der Waals surface area contributed by atoms with Crippen LogP contribution in [0.1, 0.15) is 0 Å². The predicted molar refractivity (Wildman–Crippen MR) is 114 cm³/mol. The molecule has 4 aromatic rings. The predicted octanol–water partition coefficient (Wildman–Crippen LogP) is 7.82. The van der Waals surface area contributed by atoms with E-state index in [1.807, 2.05) is 66.7 Å². The molecular weight excluding hydrogens is 422 g/mol. The van der Waals surface area contributed by atoms with Crippen molar-refractivity contribution in [2.24, 2.45) is 0 Å². The van der Waals surface area contributed by atoms with Gasteiger partial charge < -0.3 is 0 Å². The minimum atomic E-state index is 0.445. The van der Waals surface area contributed by atoms with E-state index in [-0.39, 0.29) is 0 Å². The van der Waals surface area contributed by atoms with Gasteiger partial charge in [-0.2, -0.15) is 5.10 Å². The molecule has 134 valence electrons. The lowest BCUT2D eigenvalue weighted by molar-refractivity contribution is 0.892. The summed E-state index contributed by atoms with van der Waals surface area (Å²) < 4.78 is 1.79. The molecule has 0 fully saturated rings. The Hall–Kier alpha value is -1.97. The molecule has 1 aromatic heterocycles. The number of hydrogen-bond donors (Lipinski definition) is 0. The average Bonchev–Trinajstić information content (AvgIpc) is 3.10. The molecule has 4 rings (SSSR count). The maximum atomic E-state index is 6.46. The van der Waals surface area contributed by atoms with Crippen molar-refractivity contribution in [2.75, 3.05) is 0 Å². The fourth-order valence-corrected chi connectivity index (χ4v) is 3.44. The highest BCUT2D eigenvalue weighted by Crippen LogP contribution is 2.34. The van der Waals surface area contributed by atoms with Gasteiger partial charge in [0.2, 0.25) is 0 Å². The molecule has 0 saturated carbocycles. The van der Waals surface area contributed by atoms with Gasteiger partial charge in [-0.05, 0) is 42.5 Å². The van der Waals surface area contributed by atoms with E-state index in [1.54, 1.807) is 10.7 Å². The van der Waals surface area contributed by atoms with Crippen molar-refractivity contribution in [2.45, 2.75) is 0 Å². The highest BCUT2D eigenvalue weighted by Gasteiger charge is 2.16. The van der Waals surface area contributed by atoms with E-state index in [0.29, 0.717) is 25.8 Å². The maximum Gasteiger partial charge on any atom is 0.0934 e. The molecule has 0 radical (unpaired) electrons. The van der Waals surface area contributed by atoms with Crippen LogP contribution < -0.4 is 0 Å². The Balaban J connectivity index is 1.93. The second kappa shape index (κ2) is 7.57. The van der Waals surface area contributed by atoms with Crippen LogP contribution in [0.15, 0.2) is 72.8 Å². The van der Waals surface area contributed by atoms with E-state index < -0.39 is 0 Å². The molecule has 0 N–H and O–H groups in total.